The van der Waals surface area contributed by atoms with E-state index in [2.05, 4.69) is 15.9 Å². The quantitative estimate of drug-likeness (QED) is 0.722. The summed E-state index contributed by atoms with van der Waals surface area (Å²) < 4.78 is 28.8. The van der Waals surface area contributed by atoms with Gasteiger partial charge in [-0.25, -0.2) is 0 Å². The molecule has 0 aromatic heterocycles. The minimum atomic E-state index is -3.23. The zero-order valence-corrected chi connectivity index (χ0v) is 13.3. The third kappa shape index (κ3) is 3.26. The first-order valence-electron chi connectivity index (χ1n) is 6.99. The van der Waals surface area contributed by atoms with Crippen LogP contribution in [-0.2, 0) is 10.2 Å². The fraction of sp³-hybridized carbons (Fsp3) is 1.00. The van der Waals surface area contributed by atoms with Crippen LogP contribution < -0.4 is 0 Å². The van der Waals surface area contributed by atoms with E-state index in [1.807, 2.05) is 0 Å². The van der Waals surface area contributed by atoms with E-state index in [4.69, 9.17) is 0 Å². The highest BCUT2D eigenvalue weighted by atomic mass is 79.9. The molecule has 6 heteroatoms. The molecule has 0 bridgehead atoms. The monoisotopic (exact) mass is 338 g/mol. The zero-order valence-electron chi connectivity index (χ0n) is 10.9. The van der Waals surface area contributed by atoms with Crippen LogP contribution in [-0.4, -0.2) is 48.0 Å². The first kappa shape index (κ1) is 14.8. The molecule has 1 aliphatic heterocycles. The van der Waals surface area contributed by atoms with Crippen LogP contribution in [0.15, 0.2) is 0 Å². The molecule has 0 radical (unpaired) electrons. The van der Waals surface area contributed by atoms with Crippen molar-refractivity contribution in [1.82, 2.24) is 8.61 Å². The molecule has 2 rings (SSSR count). The van der Waals surface area contributed by atoms with Crippen LogP contribution >= 0.6 is 15.9 Å². The largest absolute Gasteiger partial charge is 0.282 e. The van der Waals surface area contributed by atoms with Gasteiger partial charge in [0.05, 0.1) is 0 Å². The molecule has 106 valence electrons. The van der Waals surface area contributed by atoms with Gasteiger partial charge in [0.15, 0.2) is 0 Å². The summed E-state index contributed by atoms with van der Waals surface area (Å²) >= 11 is 3.38. The van der Waals surface area contributed by atoms with Crippen molar-refractivity contribution >= 4 is 26.1 Å². The maximum Gasteiger partial charge on any atom is 0.282 e. The molecule has 4 nitrogen and oxygen atoms in total. The lowest BCUT2D eigenvalue weighted by Crippen LogP contribution is -2.51. The highest BCUT2D eigenvalue weighted by Gasteiger charge is 2.37. The molecule has 1 saturated carbocycles. The Morgan fingerprint density at radius 3 is 2.11 bits per heavy atom. The van der Waals surface area contributed by atoms with Gasteiger partial charge in [0.2, 0.25) is 0 Å². The SMILES string of the molecule is O=S(=O)(N1CCCCCC1)N(CCBr)C1CCC1. The third-order valence-corrected chi connectivity index (χ3v) is 6.42. The topological polar surface area (TPSA) is 40.6 Å². The molecule has 1 aliphatic carbocycles. The fourth-order valence-electron chi connectivity index (χ4n) is 2.67. The van der Waals surface area contributed by atoms with E-state index in [0.29, 0.717) is 19.6 Å². The number of hydrogen-bond acceptors (Lipinski definition) is 2. The number of alkyl halides is 1. The maximum atomic E-state index is 12.7. The summed E-state index contributed by atoms with van der Waals surface area (Å²) in [6.07, 6.45) is 7.55. The van der Waals surface area contributed by atoms with E-state index >= 15 is 0 Å². The minimum Gasteiger partial charge on any atom is -0.195 e. The van der Waals surface area contributed by atoms with Gasteiger partial charge in [-0.2, -0.15) is 17.0 Å². The van der Waals surface area contributed by atoms with Crippen molar-refractivity contribution in [3.05, 3.63) is 0 Å². The molecule has 1 heterocycles. The summed E-state index contributed by atoms with van der Waals surface area (Å²) in [6.45, 7) is 2.01. The maximum absolute atomic E-state index is 12.7. The molecule has 0 spiro atoms. The van der Waals surface area contributed by atoms with Gasteiger partial charge in [0, 0.05) is 31.0 Å². The predicted octanol–water partition coefficient (Wildman–Crippen LogP) is 2.36. The Kier molecular flexibility index (Phi) is 5.47. The molecule has 0 atom stereocenters. The van der Waals surface area contributed by atoms with Crippen LogP contribution in [0.2, 0.25) is 0 Å². The van der Waals surface area contributed by atoms with Crippen LogP contribution in [0.3, 0.4) is 0 Å². The van der Waals surface area contributed by atoms with Gasteiger partial charge in [-0.15, -0.1) is 0 Å². The minimum absolute atomic E-state index is 0.246. The Balaban J connectivity index is 2.09. The third-order valence-electron chi connectivity index (χ3n) is 3.97. The van der Waals surface area contributed by atoms with Crippen molar-refractivity contribution in [2.45, 2.75) is 51.0 Å². The van der Waals surface area contributed by atoms with Gasteiger partial charge in [-0.1, -0.05) is 35.2 Å². The second-order valence-electron chi connectivity index (χ2n) is 5.21. The Labute approximate surface area is 119 Å². The van der Waals surface area contributed by atoms with Gasteiger partial charge >= 0.3 is 0 Å². The second-order valence-corrected chi connectivity index (χ2v) is 7.88. The summed E-state index contributed by atoms with van der Waals surface area (Å²) in [4.78, 5) is 0. The van der Waals surface area contributed by atoms with Crippen molar-refractivity contribution in [2.75, 3.05) is 25.0 Å². The number of rotatable bonds is 5. The molecule has 0 aromatic rings. The molecular weight excluding hydrogens is 316 g/mol. The molecule has 1 saturated heterocycles. The lowest BCUT2D eigenvalue weighted by molar-refractivity contribution is 0.212. The summed E-state index contributed by atoms with van der Waals surface area (Å²) in [5.74, 6) is 0. The highest BCUT2D eigenvalue weighted by molar-refractivity contribution is 9.09. The van der Waals surface area contributed by atoms with Gasteiger partial charge in [0.25, 0.3) is 10.2 Å². The average Bonchev–Trinajstić information content (AvgIpc) is 2.54. The van der Waals surface area contributed by atoms with Gasteiger partial charge in [-0.05, 0) is 25.7 Å². The first-order chi connectivity index (χ1) is 8.66. The summed E-state index contributed by atoms with van der Waals surface area (Å²) in [7, 11) is -3.23. The van der Waals surface area contributed by atoms with Crippen molar-refractivity contribution < 1.29 is 8.42 Å². The number of hydrogen-bond donors (Lipinski definition) is 0. The lowest BCUT2D eigenvalue weighted by atomic mass is 9.93. The van der Waals surface area contributed by atoms with Crippen LogP contribution in [0, 0.1) is 0 Å². The number of halogens is 1. The molecule has 2 aliphatic rings. The standard InChI is InChI=1S/C12H23BrN2O2S/c13-8-11-15(12-6-5-7-12)18(16,17)14-9-3-1-2-4-10-14/h12H,1-11H2. The van der Waals surface area contributed by atoms with Crippen molar-refractivity contribution in [2.24, 2.45) is 0 Å². The summed E-state index contributed by atoms with van der Waals surface area (Å²) in [6, 6.07) is 0.246. The van der Waals surface area contributed by atoms with Crippen LogP contribution in [0.1, 0.15) is 44.9 Å². The normalized spacial score (nSPS) is 23.9. The fourth-order valence-corrected chi connectivity index (χ4v) is 5.21. The van der Waals surface area contributed by atoms with Crippen LogP contribution in [0.5, 0.6) is 0 Å². The molecule has 2 fully saturated rings. The first-order valence-corrected chi connectivity index (χ1v) is 9.51. The lowest BCUT2D eigenvalue weighted by Gasteiger charge is -2.38. The van der Waals surface area contributed by atoms with E-state index in [0.717, 1.165) is 43.9 Å². The van der Waals surface area contributed by atoms with E-state index in [1.165, 1.54) is 6.42 Å². The molecule has 0 amide bonds. The van der Waals surface area contributed by atoms with Gasteiger partial charge < -0.3 is 0 Å². The Morgan fingerprint density at radius 2 is 1.67 bits per heavy atom. The Bertz CT molecular complexity index is 349. The van der Waals surface area contributed by atoms with Crippen molar-refractivity contribution in [3.63, 3.8) is 0 Å². The zero-order chi connectivity index (χ0) is 13.0. The summed E-state index contributed by atoms with van der Waals surface area (Å²) in [5, 5.41) is 0.719. The van der Waals surface area contributed by atoms with Crippen LogP contribution in [0.4, 0.5) is 0 Å². The Morgan fingerprint density at radius 1 is 1.06 bits per heavy atom. The van der Waals surface area contributed by atoms with Crippen LogP contribution in [0.25, 0.3) is 0 Å². The van der Waals surface area contributed by atoms with E-state index in [9.17, 15) is 8.42 Å². The van der Waals surface area contributed by atoms with Gasteiger partial charge in [0.1, 0.15) is 0 Å². The van der Waals surface area contributed by atoms with Crippen molar-refractivity contribution in [1.29, 1.82) is 0 Å². The average molecular weight is 339 g/mol. The van der Waals surface area contributed by atoms with E-state index in [1.54, 1.807) is 8.61 Å². The highest BCUT2D eigenvalue weighted by Crippen LogP contribution is 2.29. The molecule has 0 aromatic carbocycles. The molecular formula is C12H23BrN2O2S. The summed E-state index contributed by atoms with van der Waals surface area (Å²) in [5.41, 5.74) is 0. The Hall–Kier alpha value is 0.350. The molecule has 0 unspecified atom stereocenters. The predicted molar refractivity (Wildman–Crippen MR) is 77.1 cm³/mol. The molecule has 0 N–H and O–H groups in total. The molecule has 18 heavy (non-hydrogen) atoms. The smallest absolute Gasteiger partial charge is 0.195 e. The van der Waals surface area contributed by atoms with E-state index in [-0.39, 0.29) is 6.04 Å². The van der Waals surface area contributed by atoms with E-state index < -0.39 is 10.2 Å². The van der Waals surface area contributed by atoms with Crippen molar-refractivity contribution in [3.8, 4) is 0 Å². The van der Waals surface area contributed by atoms with Gasteiger partial charge in [-0.3, -0.25) is 0 Å². The number of nitrogens with zero attached hydrogens (tertiary/aromatic N) is 2. The second kappa shape index (κ2) is 6.68.